The smallest absolute Gasteiger partial charge is 1.00 e. The van der Waals surface area contributed by atoms with E-state index < -0.39 is 0 Å². The van der Waals surface area contributed by atoms with Gasteiger partial charge >= 0.3 is 21.7 Å². The van der Waals surface area contributed by atoms with Crippen LogP contribution in [0.1, 0.15) is 30.5 Å². The zero-order valence-corrected chi connectivity index (χ0v) is 15.1. The van der Waals surface area contributed by atoms with Gasteiger partial charge in [0.1, 0.15) is 0 Å². The van der Waals surface area contributed by atoms with E-state index in [1.807, 2.05) is 0 Å². The first kappa shape index (κ1) is 24.2. The van der Waals surface area contributed by atoms with Crippen LogP contribution in [0.3, 0.4) is 0 Å². The molecule has 2 aromatic carbocycles. The molecule has 0 saturated carbocycles. The first-order valence-corrected chi connectivity index (χ1v) is 5.40. The summed E-state index contributed by atoms with van der Waals surface area (Å²) < 4.78 is 0. The Morgan fingerprint density at radius 2 is 1.42 bits per heavy atom. The second-order valence-corrected chi connectivity index (χ2v) is 4.67. The number of aryl methyl sites for hydroxylation is 1. The normalized spacial score (nSPS) is 9.21. The summed E-state index contributed by atoms with van der Waals surface area (Å²) in [4.78, 5) is 0. The van der Waals surface area contributed by atoms with Gasteiger partial charge in [0.05, 0.1) is 0 Å². The Bertz CT molecular complexity index is 450. The molecule has 0 aliphatic rings. The third-order valence-electron chi connectivity index (χ3n) is 3.12. The first-order chi connectivity index (χ1) is 7.10. The Hall–Kier alpha value is 0.154. The Balaban J connectivity index is -0.000000640. The summed E-state index contributed by atoms with van der Waals surface area (Å²) >= 11 is 0. The molecule has 0 amide bonds. The molecule has 0 atom stereocenters. The van der Waals surface area contributed by atoms with Crippen LogP contribution in [-0.2, 0) is 27.1 Å². The zero-order valence-electron chi connectivity index (χ0n) is 11.3. The van der Waals surface area contributed by atoms with Crippen molar-refractivity contribution in [1.82, 2.24) is 0 Å². The summed E-state index contributed by atoms with van der Waals surface area (Å²) in [5.74, 6) is 0. The summed E-state index contributed by atoms with van der Waals surface area (Å²) in [6.45, 7) is 6.69. The molecule has 0 unspecified atom stereocenters. The number of hydrogen-bond acceptors (Lipinski definition) is 0. The van der Waals surface area contributed by atoms with Gasteiger partial charge in [0.25, 0.3) is 0 Å². The molecule has 102 valence electrons. The van der Waals surface area contributed by atoms with Gasteiger partial charge in [-0.3, -0.25) is 0 Å². The Kier molecular flexibility index (Phi) is 12.7. The molecule has 4 heteroatoms. The minimum absolute atomic E-state index is 0. The summed E-state index contributed by atoms with van der Waals surface area (Å²) in [5.41, 5.74) is 4.20. The molecule has 2 rings (SSSR count). The zero-order chi connectivity index (χ0) is 10.9. The average molecular weight is 352 g/mol. The summed E-state index contributed by atoms with van der Waals surface area (Å²) in [7, 11) is 0. The Labute approximate surface area is 149 Å². The molecule has 0 heterocycles. The first-order valence-electron chi connectivity index (χ1n) is 5.40. The van der Waals surface area contributed by atoms with Crippen molar-refractivity contribution in [3.05, 3.63) is 65.2 Å². The van der Waals surface area contributed by atoms with Crippen molar-refractivity contribution in [3.8, 4) is 0 Å². The van der Waals surface area contributed by atoms with Gasteiger partial charge in [0.2, 0.25) is 0 Å². The average Bonchev–Trinajstić information content (AvgIpc) is 2.71. The van der Waals surface area contributed by atoms with Gasteiger partial charge in [-0.2, -0.15) is 12.1 Å². The van der Waals surface area contributed by atoms with E-state index in [9.17, 15) is 0 Å². The van der Waals surface area contributed by atoms with Gasteiger partial charge in [-0.15, -0.1) is 5.56 Å². The Morgan fingerprint density at radius 1 is 0.895 bits per heavy atom. The van der Waals surface area contributed by atoms with Crippen LogP contribution < -0.4 is 37.2 Å². The largest absolute Gasteiger partial charge is 4.00 e. The molecule has 0 aliphatic carbocycles. The standard InChI is InChI=1S/C15H17.3ClH.Ti/c1-12-7-6-10-14(11-12)15(2,3)13-8-4-5-9-13;;;;/h4-11H,1-3H3;3*1H;/q-1;;;;+4/p-3. The summed E-state index contributed by atoms with van der Waals surface area (Å²) in [5, 5.41) is 0. The minimum atomic E-state index is 0. The van der Waals surface area contributed by atoms with Crippen molar-refractivity contribution in [2.24, 2.45) is 0 Å². The molecule has 0 nitrogen and oxygen atoms in total. The van der Waals surface area contributed by atoms with Crippen LogP contribution in [0.4, 0.5) is 0 Å². The fraction of sp³-hybridized carbons (Fsp3) is 0.267. The van der Waals surface area contributed by atoms with E-state index in [4.69, 9.17) is 0 Å². The van der Waals surface area contributed by atoms with Crippen LogP contribution in [0.5, 0.6) is 0 Å². The number of benzene rings is 1. The molecule has 0 saturated heterocycles. The topological polar surface area (TPSA) is 0 Å². The second-order valence-electron chi connectivity index (χ2n) is 4.67. The fourth-order valence-corrected chi connectivity index (χ4v) is 1.99. The van der Waals surface area contributed by atoms with E-state index in [2.05, 4.69) is 69.3 Å². The van der Waals surface area contributed by atoms with Gasteiger partial charge in [-0.25, -0.2) is 12.1 Å². The van der Waals surface area contributed by atoms with Gasteiger partial charge in [0, 0.05) is 0 Å². The molecule has 0 aliphatic heterocycles. The van der Waals surface area contributed by atoms with Crippen LogP contribution in [0.25, 0.3) is 0 Å². The maximum Gasteiger partial charge on any atom is 4.00 e. The molecule has 0 bridgehead atoms. The molecule has 0 fully saturated rings. The molecular weight excluding hydrogens is 334 g/mol. The molecule has 19 heavy (non-hydrogen) atoms. The van der Waals surface area contributed by atoms with Gasteiger partial charge in [0.15, 0.2) is 0 Å². The Morgan fingerprint density at radius 3 is 1.89 bits per heavy atom. The predicted octanol–water partition coefficient (Wildman–Crippen LogP) is -4.95. The maximum absolute atomic E-state index is 2.27. The number of hydrogen-bond donors (Lipinski definition) is 0. The SMILES string of the molecule is Cc1cccc(C(C)(C)[c-]2cccc2)c1.[Cl-].[Cl-].[Cl-].[Ti+4]. The van der Waals surface area contributed by atoms with Crippen molar-refractivity contribution in [2.45, 2.75) is 26.2 Å². The summed E-state index contributed by atoms with van der Waals surface area (Å²) in [6, 6.07) is 17.4. The van der Waals surface area contributed by atoms with E-state index in [0.29, 0.717) is 0 Å². The van der Waals surface area contributed by atoms with Gasteiger partial charge in [-0.05, 0) is 17.9 Å². The molecular formula is C15H17Cl3Ti. The van der Waals surface area contributed by atoms with E-state index in [0.717, 1.165) is 0 Å². The van der Waals surface area contributed by atoms with E-state index >= 15 is 0 Å². The third-order valence-corrected chi connectivity index (χ3v) is 3.12. The molecule has 2 aromatic rings. The van der Waals surface area contributed by atoms with Gasteiger partial charge in [-0.1, -0.05) is 43.7 Å². The molecule has 0 radical (unpaired) electrons. The van der Waals surface area contributed by atoms with Crippen molar-refractivity contribution in [1.29, 1.82) is 0 Å². The predicted molar refractivity (Wildman–Crippen MR) is 65.3 cm³/mol. The quantitative estimate of drug-likeness (QED) is 0.376. The maximum atomic E-state index is 2.27. The van der Waals surface area contributed by atoms with Crippen LogP contribution in [-0.4, -0.2) is 0 Å². The summed E-state index contributed by atoms with van der Waals surface area (Å²) in [6.07, 6.45) is 0. The number of halogens is 3. The molecule has 0 N–H and O–H groups in total. The van der Waals surface area contributed by atoms with Crippen LogP contribution >= 0.6 is 0 Å². The second kappa shape index (κ2) is 9.96. The third kappa shape index (κ3) is 5.57. The van der Waals surface area contributed by atoms with Crippen molar-refractivity contribution in [3.63, 3.8) is 0 Å². The molecule has 0 aromatic heterocycles. The van der Waals surface area contributed by atoms with E-state index in [-0.39, 0.29) is 64.4 Å². The number of rotatable bonds is 2. The van der Waals surface area contributed by atoms with E-state index in [1.165, 1.54) is 16.7 Å². The van der Waals surface area contributed by atoms with Crippen LogP contribution in [0, 0.1) is 6.92 Å². The molecule has 0 spiro atoms. The van der Waals surface area contributed by atoms with Gasteiger partial charge < -0.3 is 37.2 Å². The monoisotopic (exact) mass is 350 g/mol. The van der Waals surface area contributed by atoms with Crippen LogP contribution in [0.2, 0.25) is 0 Å². The fourth-order valence-electron chi connectivity index (χ4n) is 1.99. The van der Waals surface area contributed by atoms with Crippen molar-refractivity contribution < 1.29 is 58.9 Å². The van der Waals surface area contributed by atoms with Crippen LogP contribution in [0.15, 0.2) is 48.5 Å². The van der Waals surface area contributed by atoms with E-state index in [1.54, 1.807) is 0 Å². The minimum Gasteiger partial charge on any atom is -1.00 e. The van der Waals surface area contributed by atoms with Crippen molar-refractivity contribution in [2.75, 3.05) is 0 Å². The van der Waals surface area contributed by atoms with Crippen molar-refractivity contribution >= 4 is 0 Å².